The lowest BCUT2D eigenvalue weighted by molar-refractivity contribution is 0.116. The molecule has 4 atom stereocenters. The number of aliphatic hydroxyl groups excluding tert-OH is 1. The Labute approximate surface area is 170 Å². The molecule has 0 spiro atoms. The molecule has 5 heteroatoms. The Balaban J connectivity index is 1.18. The molecule has 1 saturated carbocycles. The number of benzene rings is 2. The quantitative estimate of drug-likeness (QED) is 0.694. The highest BCUT2D eigenvalue weighted by Gasteiger charge is 2.42. The summed E-state index contributed by atoms with van der Waals surface area (Å²) >= 11 is 0. The van der Waals surface area contributed by atoms with Crippen LogP contribution in [0.3, 0.4) is 0 Å². The topological polar surface area (TPSA) is 65.8 Å². The molecule has 1 aliphatic carbocycles. The maximum Gasteiger partial charge on any atom is 0.127 e. The van der Waals surface area contributed by atoms with Crippen molar-refractivity contribution in [3.05, 3.63) is 66.5 Å². The number of fused-ring (bicyclic) bond motifs is 2. The third-order valence-electron chi connectivity index (χ3n) is 6.43. The highest BCUT2D eigenvalue weighted by atomic mass is 16.5. The van der Waals surface area contributed by atoms with Crippen LogP contribution in [0.15, 0.2) is 60.9 Å². The van der Waals surface area contributed by atoms with Crippen LogP contribution >= 0.6 is 0 Å². The van der Waals surface area contributed by atoms with Crippen molar-refractivity contribution in [3.8, 4) is 11.5 Å². The molecule has 3 aromatic rings. The van der Waals surface area contributed by atoms with Crippen LogP contribution in [0.2, 0.25) is 0 Å². The highest BCUT2D eigenvalue weighted by molar-refractivity contribution is 5.87. The smallest absolute Gasteiger partial charge is 0.127 e. The summed E-state index contributed by atoms with van der Waals surface area (Å²) in [5.41, 5.74) is 0.853. The average Bonchev–Trinajstić information content (AvgIpc) is 3.26. The predicted molar refractivity (Wildman–Crippen MR) is 112 cm³/mol. The van der Waals surface area contributed by atoms with Crippen molar-refractivity contribution in [1.82, 2.24) is 9.88 Å². The van der Waals surface area contributed by atoms with Crippen LogP contribution in [-0.2, 0) is 0 Å². The van der Waals surface area contributed by atoms with E-state index in [1.54, 1.807) is 24.3 Å². The Morgan fingerprint density at radius 2 is 1.79 bits per heavy atom. The lowest BCUT2D eigenvalue weighted by Crippen LogP contribution is -2.28. The van der Waals surface area contributed by atoms with E-state index in [4.69, 9.17) is 4.74 Å². The summed E-state index contributed by atoms with van der Waals surface area (Å²) in [6, 6.07) is 15.0. The van der Waals surface area contributed by atoms with Crippen LogP contribution < -0.4 is 4.74 Å². The van der Waals surface area contributed by atoms with Gasteiger partial charge in [0, 0.05) is 42.8 Å². The van der Waals surface area contributed by atoms with Crippen molar-refractivity contribution in [1.29, 1.82) is 0 Å². The maximum atomic E-state index is 10.5. The number of β-amino-alcohol motifs (C(OH)–C–C–N with tert-alkyl or cyclic N) is 1. The Hall–Kier alpha value is -2.63. The maximum absolute atomic E-state index is 10.5. The summed E-state index contributed by atoms with van der Waals surface area (Å²) in [6.07, 6.45) is 5.56. The van der Waals surface area contributed by atoms with Gasteiger partial charge in [-0.3, -0.25) is 9.88 Å². The van der Waals surface area contributed by atoms with Crippen molar-refractivity contribution in [2.75, 3.05) is 19.6 Å². The molecule has 2 aliphatic rings. The van der Waals surface area contributed by atoms with Gasteiger partial charge in [-0.15, -0.1) is 0 Å². The average molecular weight is 390 g/mol. The molecule has 29 heavy (non-hydrogen) atoms. The van der Waals surface area contributed by atoms with Crippen molar-refractivity contribution in [2.24, 2.45) is 11.8 Å². The van der Waals surface area contributed by atoms with Gasteiger partial charge >= 0.3 is 0 Å². The normalized spacial score (nSPS) is 25.2. The molecule has 2 aromatic carbocycles. The van der Waals surface area contributed by atoms with Crippen molar-refractivity contribution in [3.63, 3.8) is 0 Å². The van der Waals surface area contributed by atoms with Crippen LogP contribution in [0.4, 0.5) is 0 Å². The van der Waals surface area contributed by atoms with Crippen molar-refractivity contribution >= 4 is 10.8 Å². The van der Waals surface area contributed by atoms with Crippen LogP contribution in [0.5, 0.6) is 11.5 Å². The summed E-state index contributed by atoms with van der Waals surface area (Å²) < 4.78 is 6.40. The number of pyridine rings is 1. The number of aliphatic hydroxyl groups is 1. The molecule has 2 fully saturated rings. The van der Waals surface area contributed by atoms with E-state index in [0.29, 0.717) is 18.4 Å². The third kappa shape index (κ3) is 3.80. The molecule has 1 unspecified atom stereocenters. The number of aromatic nitrogens is 1. The van der Waals surface area contributed by atoms with Crippen LogP contribution in [0, 0.1) is 11.8 Å². The SMILES string of the molecule is Oc1ccc(C(O)CN2C[C@H]3C[C@@H](Oc4cccc5cnccc45)C[C@H]3C2)cc1. The first-order valence-corrected chi connectivity index (χ1v) is 10.3. The second-order valence-electron chi connectivity index (χ2n) is 8.41. The predicted octanol–water partition coefficient (Wildman–Crippen LogP) is 3.76. The molecule has 2 N–H and O–H groups in total. The number of rotatable bonds is 5. The largest absolute Gasteiger partial charge is 0.508 e. The first-order valence-electron chi connectivity index (χ1n) is 10.3. The Morgan fingerprint density at radius 3 is 2.55 bits per heavy atom. The van der Waals surface area contributed by atoms with Crippen molar-refractivity contribution < 1.29 is 14.9 Å². The molecule has 2 heterocycles. The van der Waals surface area contributed by atoms with Gasteiger partial charge in [0.2, 0.25) is 0 Å². The van der Waals surface area contributed by atoms with Gasteiger partial charge in [-0.05, 0) is 54.5 Å². The van der Waals surface area contributed by atoms with E-state index in [1.807, 2.05) is 24.5 Å². The molecule has 5 nitrogen and oxygen atoms in total. The number of hydrogen-bond acceptors (Lipinski definition) is 5. The van der Waals surface area contributed by atoms with Gasteiger partial charge < -0.3 is 14.9 Å². The number of likely N-dealkylation sites (tertiary alicyclic amines) is 1. The number of ether oxygens (including phenoxy) is 1. The Kier molecular flexibility index (Phi) is 4.86. The van der Waals surface area contributed by atoms with Gasteiger partial charge in [0.1, 0.15) is 11.5 Å². The number of phenols is 1. The van der Waals surface area contributed by atoms with E-state index in [1.165, 1.54) is 0 Å². The molecule has 5 rings (SSSR count). The van der Waals surface area contributed by atoms with E-state index in [-0.39, 0.29) is 11.9 Å². The molecule has 1 saturated heterocycles. The standard InChI is InChI=1S/C24H26N2O3/c27-20-6-4-16(5-7-20)23(28)15-26-13-18-10-21(11-19(18)14-26)29-24-3-1-2-17-12-25-9-8-22(17)24/h1-9,12,18-19,21,23,27-28H,10-11,13-15H2/t18-,19+,21-,23?. The minimum atomic E-state index is -0.522. The Bertz CT molecular complexity index is 972. The second kappa shape index (κ2) is 7.65. The van der Waals surface area contributed by atoms with Gasteiger partial charge in [-0.2, -0.15) is 0 Å². The fraction of sp³-hybridized carbons (Fsp3) is 0.375. The van der Waals surface area contributed by atoms with Gasteiger partial charge in [-0.1, -0.05) is 24.3 Å². The van der Waals surface area contributed by atoms with Gasteiger partial charge in [-0.25, -0.2) is 0 Å². The molecule has 0 radical (unpaired) electrons. The Morgan fingerprint density at radius 1 is 1.03 bits per heavy atom. The minimum absolute atomic E-state index is 0.227. The molecular weight excluding hydrogens is 364 g/mol. The number of phenolic OH excluding ortho intramolecular Hbond substituents is 1. The lowest BCUT2D eigenvalue weighted by Gasteiger charge is -2.23. The second-order valence-corrected chi connectivity index (χ2v) is 8.41. The van der Waals surface area contributed by atoms with E-state index in [9.17, 15) is 10.2 Å². The van der Waals surface area contributed by atoms with Gasteiger partial charge in [0.25, 0.3) is 0 Å². The monoisotopic (exact) mass is 390 g/mol. The van der Waals surface area contributed by atoms with E-state index in [0.717, 1.165) is 48.0 Å². The van der Waals surface area contributed by atoms with Crippen molar-refractivity contribution in [2.45, 2.75) is 25.0 Å². The summed E-state index contributed by atoms with van der Waals surface area (Å²) in [5.74, 6) is 2.44. The molecule has 1 aromatic heterocycles. The van der Waals surface area contributed by atoms with E-state index < -0.39 is 6.10 Å². The van der Waals surface area contributed by atoms with Crippen LogP contribution in [0.25, 0.3) is 10.8 Å². The molecule has 150 valence electrons. The zero-order valence-electron chi connectivity index (χ0n) is 16.3. The third-order valence-corrected chi connectivity index (χ3v) is 6.43. The van der Waals surface area contributed by atoms with Gasteiger partial charge in [0.05, 0.1) is 12.2 Å². The summed E-state index contributed by atoms with van der Waals surface area (Å²) in [5, 5.41) is 22.2. The van der Waals surface area contributed by atoms with E-state index in [2.05, 4.69) is 22.0 Å². The molecule has 1 aliphatic heterocycles. The number of nitrogens with zero attached hydrogens (tertiary/aromatic N) is 2. The fourth-order valence-electron chi connectivity index (χ4n) is 5.01. The van der Waals surface area contributed by atoms with Crippen LogP contribution in [0.1, 0.15) is 24.5 Å². The number of hydrogen-bond donors (Lipinski definition) is 2. The zero-order chi connectivity index (χ0) is 19.8. The fourth-order valence-corrected chi connectivity index (χ4v) is 5.01. The molecular formula is C24H26N2O3. The molecule has 0 amide bonds. The first-order chi connectivity index (χ1) is 14.2. The molecule has 0 bridgehead atoms. The summed E-state index contributed by atoms with van der Waals surface area (Å²) in [6.45, 7) is 2.66. The minimum Gasteiger partial charge on any atom is -0.508 e. The van der Waals surface area contributed by atoms with Crippen LogP contribution in [-0.4, -0.2) is 45.8 Å². The van der Waals surface area contributed by atoms with Gasteiger partial charge in [0.15, 0.2) is 0 Å². The lowest BCUT2D eigenvalue weighted by atomic mass is 10.0. The van der Waals surface area contributed by atoms with E-state index >= 15 is 0 Å². The zero-order valence-corrected chi connectivity index (χ0v) is 16.3. The number of aromatic hydroxyl groups is 1. The highest BCUT2D eigenvalue weighted by Crippen LogP contribution is 2.41. The first kappa shape index (κ1) is 18.4. The summed E-state index contributed by atoms with van der Waals surface area (Å²) in [7, 11) is 0. The summed E-state index contributed by atoms with van der Waals surface area (Å²) in [4.78, 5) is 6.56.